The largest absolute Gasteiger partial charge is 0.493 e. The number of aliphatic imine (C=N–C) groups is 1. The van der Waals surface area contributed by atoms with Crippen molar-refractivity contribution in [1.29, 1.82) is 0 Å². The standard InChI is InChI=1S/C18H25N3O2S/c1-4-19-18(20-10-9-15-6-5-11-24-15)21-13-14-7-8-16(22-2)17(12-14)23-3/h5-8,11-12H,4,9-10,13H2,1-3H3,(H2,19,20,21). The molecule has 2 N–H and O–H groups in total. The summed E-state index contributed by atoms with van der Waals surface area (Å²) < 4.78 is 10.6. The molecule has 0 aliphatic carbocycles. The first-order valence-corrected chi connectivity index (χ1v) is 8.90. The lowest BCUT2D eigenvalue weighted by molar-refractivity contribution is 0.354. The van der Waals surface area contributed by atoms with Gasteiger partial charge in [0.05, 0.1) is 20.8 Å². The summed E-state index contributed by atoms with van der Waals surface area (Å²) >= 11 is 1.78. The molecule has 2 aromatic rings. The Morgan fingerprint density at radius 3 is 2.62 bits per heavy atom. The molecule has 1 aromatic carbocycles. The maximum Gasteiger partial charge on any atom is 0.191 e. The van der Waals surface area contributed by atoms with Crippen LogP contribution in [-0.2, 0) is 13.0 Å². The van der Waals surface area contributed by atoms with Gasteiger partial charge in [-0.15, -0.1) is 11.3 Å². The Morgan fingerprint density at radius 2 is 1.96 bits per heavy atom. The number of guanidine groups is 1. The van der Waals surface area contributed by atoms with E-state index in [4.69, 9.17) is 9.47 Å². The first kappa shape index (κ1) is 18.1. The highest BCUT2D eigenvalue weighted by Crippen LogP contribution is 2.27. The SMILES string of the molecule is CCNC(=NCc1ccc(OC)c(OC)c1)NCCc1cccs1. The Hall–Kier alpha value is -2.21. The van der Waals surface area contributed by atoms with Crippen molar-refractivity contribution < 1.29 is 9.47 Å². The minimum Gasteiger partial charge on any atom is -0.493 e. The van der Waals surface area contributed by atoms with Crippen molar-refractivity contribution in [3.8, 4) is 11.5 Å². The van der Waals surface area contributed by atoms with Gasteiger partial charge in [-0.25, -0.2) is 4.99 Å². The zero-order chi connectivity index (χ0) is 17.2. The van der Waals surface area contributed by atoms with Crippen LogP contribution in [0.5, 0.6) is 11.5 Å². The van der Waals surface area contributed by atoms with Gasteiger partial charge in [0, 0.05) is 18.0 Å². The summed E-state index contributed by atoms with van der Waals surface area (Å²) in [4.78, 5) is 6.01. The van der Waals surface area contributed by atoms with Crippen molar-refractivity contribution in [2.45, 2.75) is 19.9 Å². The average molecular weight is 347 g/mol. The summed E-state index contributed by atoms with van der Waals surface area (Å²) in [5.74, 6) is 2.27. The molecule has 5 nitrogen and oxygen atoms in total. The molecule has 24 heavy (non-hydrogen) atoms. The molecule has 1 aromatic heterocycles. The second-order valence-electron chi connectivity index (χ2n) is 5.14. The van der Waals surface area contributed by atoms with E-state index in [1.54, 1.807) is 25.6 Å². The number of thiophene rings is 1. The molecule has 0 fully saturated rings. The molecule has 0 bridgehead atoms. The van der Waals surface area contributed by atoms with Gasteiger partial charge < -0.3 is 20.1 Å². The molecule has 0 aliphatic heterocycles. The minimum absolute atomic E-state index is 0.578. The molecular weight excluding hydrogens is 322 g/mol. The van der Waals surface area contributed by atoms with Gasteiger partial charge in [0.2, 0.25) is 0 Å². The van der Waals surface area contributed by atoms with E-state index in [9.17, 15) is 0 Å². The molecular formula is C18H25N3O2S. The quantitative estimate of drug-likeness (QED) is 0.569. The van der Waals surface area contributed by atoms with Gasteiger partial charge in [-0.2, -0.15) is 0 Å². The van der Waals surface area contributed by atoms with E-state index in [0.717, 1.165) is 42.5 Å². The van der Waals surface area contributed by atoms with E-state index in [2.05, 4.69) is 40.1 Å². The van der Waals surface area contributed by atoms with E-state index in [0.29, 0.717) is 6.54 Å². The highest BCUT2D eigenvalue weighted by Gasteiger charge is 2.05. The Balaban J connectivity index is 1.94. The summed E-state index contributed by atoms with van der Waals surface area (Å²) in [5, 5.41) is 8.74. The number of nitrogens with one attached hydrogen (secondary N) is 2. The first-order valence-electron chi connectivity index (χ1n) is 8.02. The Morgan fingerprint density at radius 1 is 1.12 bits per heavy atom. The van der Waals surface area contributed by atoms with E-state index >= 15 is 0 Å². The van der Waals surface area contributed by atoms with E-state index in [1.165, 1.54) is 4.88 Å². The topological polar surface area (TPSA) is 54.9 Å². The number of nitrogens with zero attached hydrogens (tertiary/aromatic N) is 1. The average Bonchev–Trinajstić information content (AvgIpc) is 3.12. The van der Waals surface area contributed by atoms with Crippen LogP contribution < -0.4 is 20.1 Å². The van der Waals surface area contributed by atoms with Crippen LogP contribution in [0.2, 0.25) is 0 Å². The number of benzene rings is 1. The molecule has 0 saturated heterocycles. The summed E-state index contributed by atoms with van der Waals surface area (Å²) in [5.41, 5.74) is 1.07. The fourth-order valence-corrected chi connectivity index (χ4v) is 2.96. The molecule has 0 saturated carbocycles. The fraction of sp³-hybridized carbons (Fsp3) is 0.389. The van der Waals surface area contributed by atoms with Crippen LogP contribution in [0, 0.1) is 0 Å². The van der Waals surface area contributed by atoms with Crippen molar-refractivity contribution in [3.63, 3.8) is 0 Å². The second kappa shape index (κ2) is 9.82. The van der Waals surface area contributed by atoms with Gasteiger partial charge in [-0.3, -0.25) is 0 Å². The van der Waals surface area contributed by atoms with Crippen LogP contribution in [0.1, 0.15) is 17.4 Å². The van der Waals surface area contributed by atoms with Crippen LogP contribution in [-0.4, -0.2) is 33.3 Å². The van der Waals surface area contributed by atoms with Crippen molar-refractivity contribution in [2.24, 2.45) is 4.99 Å². The molecule has 0 aliphatic rings. The third kappa shape index (κ3) is 5.45. The molecule has 2 rings (SSSR count). The third-order valence-electron chi connectivity index (χ3n) is 3.46. The van der Waals surface area contributed by atoms with Crippen LogP contribution >= 0.6 is 11.3 Å². The molecule has 0 amide bonds. The smallest absolute Gasteiger partial charge is 0.191 e. The number of rotatable bonds is 8. The lowest BCUT2D eigenvalue weighted by Crippen LogP contribution is -2.38. The molecule has 0 atom stereocenters. The van der Waals surface area contributed by atoms with Gasteiger partial charge in [-0.1, -0.05) is 12.1 Å². The summed E-state index contributed by atoms with van der Waals surface area (Å²) in [6, 6.07) is 10.1. The lowest BCUT2D eigenvalue weighted by Gasteiger charge is -2.12. The maximum absolute atomic E-state index is 5.33. The van der Waals surface area contributed by atoms with Crippen LogP contribution in [0.15, 0.2) is 40.7 Å². The van der Waals surface area contributed by atoms with E-state index in [1.807, 2.05) is 18.2 Å². The Kier molecular flexibility index (Phi) is 7.42. The van der Waals surface area contributed by atoms with Gasteiger partial charge in [0.1, 0.15) is 0 Å². The minimum atomic E-state index is 0.578. The van der Waals surface area contributed by atoms with Crippen molar-refractivity contribution >= 4 is 17.3 Å². The van der Waals surface area contributed by atoms with Crippen molar-refractivity contribution in [3.05, 3.63) is 46.2 Å². The highest BCUT2D eigenvalue weighted by molar-refractivity contribution is 7.09. The van der Waals surface area contributed by atoms with Crippen LogP contribution in [0.3, 0.4) is 0 Å². The molecule has 6 heteroatoms. The zero-order valence-electron chi connectivity index (χ0n) is 14.5. The van der Waals surface area contributed by atoms with E-state index < -0.39 is 0 Å². The monoisotopic (exact) mass is 347 g/mol. The second-order valence-corrected chi connectivity index (χ2v) is 6.17. The predicted octanol–water partition coefficient (Wildman–Crippen LogP) is 3.06. The highest BCUT2D eigenvalue weighted by atomic mass is 32.1. The normalized spacial score (nSPS) is 11.2. The number of hydrogen-bond acceptors (Lipinski definition) is 4. The van der Waals surface area contributed by atoms with Crippen LogP contribution in [0.4, 0.5) is 0 Å². The van der Waals surface area contributed by atoms with Gasteiger partial charge in [0.25, 0.3) is 0 Å². The number of ether oxygens (including phenoxy) is 2. The lowest BCUT2D eigenvalue weighted by atomic mass is 10.2. The molecule has 130 valence electrons. The summed E-state index contributed by atoms with van der Waals surface area (Å²) in [7, 11) is 3.28. The van der Waals surface area contributed by atoms with E-state index in [-0.39, 0.29) is 0 Å². The summed E-state index contributed by atoms with van der Waals surface area (Å²) in [6.45, 7) is 4.33. The van der Waals surface area contributed by atoms with Crippen molar-refractivity contribution in [2.75, 3.05) is 27.3 Å². The molecule has 1 heterocycles. The number of hydrogen-bond donors (Lipinski definition) is 2. The molecule has 0 radical (unpaired) electrons. The molecule has 0 spiro atoms. The number of methoxy groups -OCH3 is 2. The van der Waals surface area contributed by atoms with Crippen molar-refractivity contribution in [1.82, 2.24) is 10.6 Å². The molecule has 0 unspecified atom stereocenters. The predicted molar refractivity (Wildman–Crippen MR) is 100 cm³/mol. The maximum atomic E-state index is 5.33. The Labute approximate surface area is 147 Å². The van der Waals surface area contributed by atoms with Gasteiger partial charge >= 0.3 is 0 Å². The third-order valence-corrected chi connectivity index (χ3v) is 4.39. The van der Waals surface area contributed by atoms with Crippen LogP contribution in [0.25, 0.3) is 0 Å². The van der Waals surface area contributed by atoms with Gasteiger partial charge in [-0.05, 0) is 42.5 Å². The Bertz CT molecular complexity index is 642. The first-order chi connectivity index (χ1) is 11.8. The van der Waals surface area contributed by atoms with Gasteiger partial charge in [0.15, 0.2) is 17.5 Å². The summed E-state index contributed by atoms with van der Waals surface area (Å²) in [6.07, 6.45) is 0.998. The zero-order valence-corrected chi connectivity index (χ0v) is 15.3. The fourth-order valence-electron chi connectivity index (χ4n) is 2.25.